The summed E-state index contributed by atoms with van der Waals surface area (Å²) < 4.78 is 0. The van der Waals surface area contributed by atoms with Crippen LogP contribution in [0.1, 0.15) is 22.6 Å². The van der Waals surface area contributed by atoms with Crippen molar-refractivity contribution in [1.29, 1.82) is 0 Å². The molecule has 0 atom stereocenters. The third-order valence-electron chi connectivity index (χ3n) is 4.91. The van der Waals surface area contributed by atoms with Crippen LogP contribution in [0.25, 0.3) is 0 Å². The smallest absolute Gasteiger partial charge is 0.234 e. The molecule has 3 heterocycles. The summed E-state index contributed by atoms with van der Waals surface area (Å²) in [5.41, 5.74) is 2.53. The van der Waals surface area contributed by atoms with Crippen LogP contribution in [0.4, 0.5) is 5.82 Å². The highest BCUT2D eigenvalue weighted by Crippen LogP contribution is 2.23. The molecular weight excluding hydrogens is 334 g/mol. The number of rotatable bonds is 5. The van der Waals surface area contributed by atoms with Crippen molar-refractivity contribution >= 4 is 23.1 Å². The number of hydrogen-bond donors (Lipinski definition) is 1. The van der Waals surface area contributed by atoms with Crippen LogP contribution < -0.4 is 10.2 Å². The van der Waals surface area contributed by atoms with Gasteiger partial charge in [0.25, 0.3) is 0 Å². The van der Waals surface area contributed by atoms with Crippen LogP contribution in [0.2, 0.25) is 0 Å². The van der Waals surface area contributed by atoms with Gasteiger partial charge in [-0.25, -0.2) is 0 Å². The monoisotopic (exact) mass is 357 g/mol. The van der Waals surface area contributed by atoms with E-state index in [-0.39, 0.29) is 5.91 Å². The van der Waals surface area contributed by atoms with E-state index in [1.165, 1.54) is 22.6 Å². The average Bonchev–Trinajstić information content (AvgIpc) is 3.31. The van der Waals surface area contributed by atoms with Gasteiger partial charge in [-0.1, -0.05) is 6.07 Å². The molecule has 2 aliphatic rings. The molecule has 6 nitrogen and oxygen atoms in total. The summed E-state index contributed by atoms with van der Waals surface area (Å²) in [7, 11) is 0. The van der Waals surface area contributed by atoms with E-state index in [2.05, 4.69) is 31.4 Å². The zero-order valence-corrected chi connectivity index (χ0v) is 15.1. The van der Waals surface area contributed by atoms with Crippen LogP contribution in [0.5, 0.6) is 0 Å². The first-order valence-electron chi connectivity index (χ1n) is 8.90. The minimum atomic E-state index is 0.0965. The van der Waals surface area contributed by atoms with Gasteiger partial charge in [0, 0.05) is 31.1 Å². The highest BCUT2D eigenvalue weighted by molar-refractivity contribution is 7.09. The Bertz CT molecular complexity index is 725. The summed E-state index contributed by atoms with van der Waals surface area (Å²) in [4.78, 5) is 17.8. The van der Waals surface area contributed by atoms with Gasteiger partial charge in [-0.3, -0.25) is 9.69 Å². The molecule has 0 radical (unpaired) electrons. The topological polar surface area (TPSA) is 61.4 Å². The minimum absolute atomic E-state index is 0.0965. The van der Waals surface area contributed by atoms with E-state index in [9.17, 15) is 4.79 Å². The lowest BCUT2D eigenvalue weighted by Crippen LogP contribution is -2.49. The molecule has 2 aromatic heterocycles. The van der Waals surface area contributed by atoms with Crippen molar-refractivity contribution in [3.63, 3.8) is 0 Å². The summed E-state index contributed by atoms with van der Waals surface area (Å²) in [6.45, 7) is 4.64. The Morgan fingerprint density at radius 1 is 1.20 bits per heavy atom. The first-order valence-corrected chi connectivity index (χ1v) is 9.78. The predicted molar refractivity (Wildman–Crippen MR) is 98.9 cm³/mol. The Labute approximate surface area is 151 Å². The van der Waals surface area contributed by atoms with E-state index in [0.717, 1.165) is 44.8 Å². The highest BCUT2D eigenvalue weighted by Gasteiger charge is 2.22. The number of nitrogens with zero attached hydrogens (tertiary/aromatic N) is 4. The number of anilines is 1. The maximum absolute atomic E-state index is 12.1. The third-order valence-corrected chi connectivity index (χ3v) is 5.79. The molecule has 2 aromatic rings. The van der Waals surface area contributed by atoms with Crippen molar-refractivity contribution in [2.75, 3.05) is 37.6 Å². The van der Waals surface area contributed by atoms with Gasteiger partial charge < -0.3 is 10.2 Å². The first kappa shape index (κ1) is 16.5. The summed E-state index contributed by atoms with van der Waals surface area (Å²) in [6, 6.07) is 6.26. The Hall–Kier alpha value is -1.99. The third kappa shape index (κ3) is 3.99. The minimum Gasteiger partial charge on any atom is -0.353 e. The van der Waals surface area contributed by atoms with Crippen molar-refractivity contribution in [3.05, 3.63) is 39.7 Å². The van der Waals surface area contributed by atoms with E-state index < -0.39 is 0 Å². The van der Waals surface area contributed by atoms with E-state index in [4.69, 9.17) is 0 Å². The highest BCUT2D eigenvalue weighted by atomic mass is 32.1. The van der Waals surface area contributed by atoms with Crippen LogP contribution >= 0.6 is 11.3 Å². The molecule has 7 heteroatoms. The van der Waals surface area contributed by atoms with Crippen molar-refractivity contribution in [1.82, 2.24) is 20.4 Å². The lowest BCUT2D eigenvalue weighted by atomic mass is 10.2. The summed E-state index contributed by atoms with van der Waals surface area (Å²) in [6.07, 6.45) is 3.39. The number of amides is 1. The quantitative estimate of drug-likeness (QED) is 0.878. The number of hydrogen-bond acceptors (Lipinski definition) is 6. The number of aryl methyl sites for hydroxylation is 2. The molecule has 4 rings (SSSR count). The van der Waals surface area contributed by atoms with E-state index in [0.29, 0.717) is 13.1 Å². The fraction of sp³-hybridized carbons (Fsp3) is 0.500. The molecule has 0 aromatic carbocycles. The first-order chi connectivity index (χ1) is 12.3. The van der Waals surface area contributed by atoms with Gasteiger partial charge in [-0.05, 0) is 42.3 Å². The molecule has 1 amide bonds. The number of carbonyl (C=O) groups excluding carboxylic acids is 1. The Kier molecular flexibility index (Phi) is 4.94. The number of carbonyl (C=O) groups is 1. The second-order valence-corrected chi connectivity index (χ2v) is 7.68. The van der Waals surface area contributed by atoms with Gasteiger partial charge in [-0.2, -0.15) is 5.10 Å². The fourth-order valence-electron chi connectivity index (χ4n) is 3.46. The zero-order valence-electron chi connectivity index (χ0n) is 14.3. The van der Waals surface area contributed by atoms with E-state index >= 15 is 0 Å². The van der Waals surface area contributed by atoms with Gasteiger partial charge in [0.05, 0.1) is 18.8 Å². The predicted octanol–water partition coefficient (Wildman–Crippen LogP) is 1.47. The van der Waals surface area contributed by atoms with Gasteiger partial charge in [0.2, 0.25) is 5.91 Å². The molecule has 0 unspecified atom stereocenters. The normalized spacial score (nSPS) is 17.5. The fourth-order valence-corrected chi connectivity index (χ4v) is 4.11. The van der Waals surface area contributed by atoms with Gasteiger partial charge in [0.15, 0.2) is 5.82 Å². The van der Waals surface area contributed by atoms with Crippen molar-refractivity contribution < 1.29 is 4.79 Å². The SMILES string of the molecule is O=C(CN1CCN(c2cc3c(nn2)CCC3)CC1)NCc1cccs1. The number of fused-ring (bicyclic) bond motifs is 1. The average molecular weight is 357 g/mol. The summed E-state index contributed by atoms with van der Waals surface area (Å²) in [5, 5.41) is 13.8. The Balaban J connectivity index is 1.24. The van der Waals surface area contributed by atoms with Gasteiger partial charge in [-0.15, -0.1) is 16.4 Å². The van der Waals surface area contributed by atoms with Crippen molar-refractivity contribution in [2.45, 2.75) is 25.8 Å². The largest absolute Gasteiger partial charge is 0.353 e. The van der Waals surface area contributed by atoms with Gasteiger partial charge in [0.1, 0.15) is 0 Å². The van der Waals surface area contributed by atoms with Crippen LogP contribution in [-0.2, 0) is 24.2 Å². The maximum Gasteiger partial charge on any atom is 0.234 e. The standard InChI is InChI=1S/C18H23N5OS/c24-18(19-12-15-4-2-10-25-15)13-22-6-8-23(9-7-22)17-11-14-3-1-5-16(14)20-21-17/h2,4,10-11H,1,3,5-9,12-13H2,(H,19,24). The lowest BCUT2D eigenvalue weighted by Gasteiger charge is -2.34. The molecule has 1 saturated heterocycles. The van der Waals surface area contributed by atoms with Gasteiger partial charge >= 0.3 is 0 Å². The van der Waals surface area contributed by atoms with Crippen LogP contribution in [0.15, 0.2) is 23.6 Å². The molecule has 25 heavy (non-hydrogen) atoms. The number of thiophene rings is 1. The maximum atomic E-state index is 12.1. The molecule has 1 aliphatic carbocycles. The summed E-state index contributed by atoms with van der Waals surface area (Å²) in [5.74, 6) is 1.08. The van der Waals surface area contributed by atoms with Crippen LogP contribution in [0.3, 0.4) is 0 Å². The van der Waals surface area contributed by atoms with Crippen LogP contribution in [0, 0.1) is 0 Å². The molecule has 1 fully saturated rings. The molecular formula is C18H23N5OS. The molecule has 132 valence electrons. The molecule has 0 spiro atoms. The molecule has 0 saturated carbocycles. The lowest BCUT2D eigenvalue weighted by molar-refractivity contribution is -0.122. The van der Waals surface area contributed by atoms with E-state index in [1.54, 1.807) is 11.3 Å². The Morgan fingerprint density at radius 2 is 2.08 bits per heavy atom. The molecule has 1 N–H and O–H groups in total. The zero-order chi connectivity index (χ0) is 17.1. The molecule has 0 bridgehead atoms. The second kappa shape index (κ2) is 7.49. The summed E-state index contributed by atoms with van der Waals surface area (Å²) >= 11 is 1.67. The number of nitrogens with one attached hydrogen (secondary N) is 1. The number of piperazine rings is 1. The van der Waals surface area contributed by atoms with E-state index in [1.807, 2.05) is 17.5 Å². The molecule has 1 aliphatic heterocycles. The van der Waals surface area contributed by atoms with Crippen molar-refractivity contribution in [3.8, 4) is 0 Å². The Morgan fingerprint density at radius 3 is 2.88 bits per heavy atom. The van der Waals surface area contributed by atoms with Crippen LogP contribution in [-0.4, -0.2) is 53.7 Å². The second-order valence-electron chi connectivity index (χ2n) is 6.65. The van der Waals surface area contributed by atoms with Crippen molar-refractivity contribution in [2.24, 2.45) is 0 Å². The number of aromatic nitrogens is 2.